The molecule has 2 aromatic heterocycles. The lowest BCUT2D eigenvalue weighted by Gasteiger charge is -2.30. The third-order valence-electron chi connectivity index (χ3n) is 6.12. The normalized spacial score (nSPS) is 20.8. The van der Waals surface area contributed by atoms with Crippen LogP contribution in [0.3, 0.4) is 0 Å². The SMILES string of the molecule is COC(=O)C1C(=O)c2cc3c(=O)[nH]c(N4CCOCC4)nc3nc2CC1c1ccccc1. The lowest BCUT2D eigenvalue weighted by Crippen LogP contribution is -2.39. The van der Waals surface area contributed by atoms with Crippen molar-refractivity contribution in [3.8, 4) is 0 Å². The van der Waals surface area contributed by atoms with Crippen molar-refractivity contribution < 1.29 is 19.1 Å². The lowest BCUT2D eigenvalue weighted by atomic mass is 9.73. The average Bonchev–Trinajstić information content (AvgIpc) is 2.83. The molecular weight excluding hydrogens is 412 g/mol. The maximum absolute atomic E-state index is 13.4. The molecule has 164 valence electrons. The number of nitrogens with one attached hydrogen (secondary N) is 1. The van der Waals surface area contributed by atoms with Crippen LogP contribution in [-0.2, 0) is 20.7 Å². The summed E-state index contributed by atoms with van der Waals surface area (Å²) in [5, 5.41) is 0.218. The average molecular weight is 434 g/mol. The molecule has 0 saturated carbocycles. The number of pyridine rings is 1. The highest BCUT2D eigenvalue weighted by Gasteiger charge is 2.43. The Kier molecular flexibility index (Phi) is 5.18. The Morgan fingerprint density at radius 2 is 1.91 bits per heavy atom. The van der Waals surface area contributed by atoms with E-state index in [1.165, 1.54) is 13.2 Å². The Hall–Kier alpha value is -3.59. The maximum atomic E-state index is 13.4. The number of ether oxygens (including phenoxy) is 2. The van der Waals surface area contributed by atoms with Gasteiger partial charge in [-0.15, -0.1) is 0 Å². The number of hydrogen-bond donors (Lipinski definition) is 1. The zero-order chi connectivity index (χ0) is 22.2. The number of benzene rings is 1. The zero-order valence-corrected chi connectivity index (χ0v) is 17.5. The van der Waals surface area contributed by atoms with E-state index in [9.17, 15) is 14.4 Å². The van der Waals surface area contributed by atoms with Gasteiger partial charge in [0.15, 0.2) is 11.4 Å². The van der Waals surface area contributed by atoms with Crippen molar-refractivity contribution in [1.82, 2.24) is 15.0 Å². The minimum atomic E-state index is -0.992. The summed E-state index contributed by atoms with van der Waals surface area (Å²) in [5.41, 5.74) is 1.57. The summed E-state index contributed by atoms with van der Waals surface area (Å²) in [6.07, 6.45) is 0.363. The van der Waals surface area contributed by atoms with Gasteiger partial charge in [-0.2, -0.15) is 4.98 Å². The molecule has 1 saturated heterocycles. The van der Waals surface area contributed by atoms with Crippen molar-refractivity contribution in [2.75, 3.05) is 38.3 Å². The minimum Gasteiger partial charge on any atom is -0.468 e. The number of carbonyl (C=O) groups excluding carboxylic acids is 2. The molecule has 5 rings (SSSR count). The quantitative estimate of drug-likeness (QED) is 0.487. The Labute approximate surface area is 183 Å². The fourth-order valence-corrected chi connectivity index (χ4v) is 4.47. The molecule has 0 radical (unpaired) electrons. The third kappa shape index (κ3) is 3.44. The summed E-state index contributed by atoms with van der Waals surface area (Å²) in [4.78, 5) is 52.6. The van der Waals surface area contributed by atoms with Gasteiger partial charge in [0, 0.05) is 24.6 Å². The highest BCUT2D eigenvalue weighted by molar-refractivity contribution is 6.12. The van der Waals surface area contributed by atoms with Gasteiger partial charge in [-0.3, -0.25) is 19.4 Å². The molecule has 9 nitrogen and oxygen atoms in total. The van der Waals surface area contributed by atoms with E-state index in [0.717, 1.165) is 5.56 Å². The molecule has 0 bridgehead atoms. The van der Waals surface area contributed by atoms with Gasteiger partial charge in [0.05, 0.1) is 31.4 Å². The van der Waals surface area contributed by atoms with Crippen LogP contribution in [0.4, 0.5) is 5.95 Å². The fourth-order valence-electron chi connectivity index (χ4n) is 4.47. The number of ketones is 1. The monoisotopic (exact) mass is 434 g/mol. The molecule has 9 heteroatoms. The first kappa shape index (κ1) is 20.3. The number of rotatable bonds is 3. The Bertz CT molecular complexity index is 1250. The maximum Gasteiger partial charge on any atom is 0.317 e. The summed E-state index contributed by atoms with van der Waals surface area (Å²) < 4.78 is 10.3. The van der Waals surface area contributed by atoms with Gasteiger partial charge in [0.25, 0.3) is 5.56 Å². The van der Waals surface area contributed by atoms with Crippen molar-refractivity contribution >= 4 is 28.7 Å². The van der Waals surface area contributed by atoms with Crippen molar-refractivity contribution in [3.63, 3.8) is 0 Å². The molecule has 2 aliphatic rings. The van der Waals surface area contributed by atoms with Crippen LogP contribution in [0.1, 0.15) is 27.5 Å². The van der Waals surface area contributed by atoms with E-state index in [-0.39, 0.29) is 22.2 Å². The van der Waals surface area contributed by atoms with Gasteiger partial charge in [-0.05, 0) is 18.1 Å². The standard InChI is InChI=1S/C23H22N4O5/c1-31-22(30)18-14(13-5-3-2-4-6-13)12-17-15(19(18)28)11-16-20(24-17)25-23(26-21(16)29)27-7-9-32-10-8-27/h2-6,11,14,18H,7-10,12H2,1H3,(H,24,25,26,29). The van der Waals surface area contributed by atoms with E-state index in [0.29, 0.717) is 44.4 Å². The number of morpholine rings is 1. The summed E-state index contributed by atoms with van der Waals surface area (Å²) in [6, 6.07) is 10.9. The van der Waals surface area contributed by atoms with Crippen LogP contribution in [0.5, 0.6) is 0 Å². The predicted octanol–water partition coefficient (Wildman–Crippen LogP) is 1.47. The van der Waals surface area contributed by atoms with Crippen LogP contribution in [0, 0.1) is 5.92 Å². The van der Waals surface area contributed by atoms with E-state index >= 15 is 0 Å². The fraction of sp³-hybridized carbons (Fsp3) is 0.348. The summed E-state index contributed by atoms with van der Waals surface area (Å²) in [7, 11) is 1.27. The topological polar surface area (TPSA) is 114 Å². The number of anilines is 1. The van der Waals surface area contributed by atoms with Gasteiger partial charge in [-0.1, -0.05) is 30.3 Å². The molecular formula is C23H22N4O5. The second-order valence-electron chi connectivity index (χ2n) is 7.93. The highest BCUT2D eigenvalue weighted by atomic mass is 16.5. The lowest BCUT2D eigenvalue weighted by molar-refractivity contribution is -0.144. The van der Waals surface area contributed by atoms with Crippen molar-refractivity contribution in [1.29, 1.82) is 0 Å². The molecule has 1 fully saturated rings. The van der Waals surface area contributed by atoms with Crippen LogP contribution < -0.4 is 10.5 Å². The van der Waals surface area contributed by atoms with Gasteiger partial charge < -0.3 is 14.4 Å². The highest BCUT2D eigenvalue weighted by Crippen LogP contribution is 2.37. The van der Waals surface area contributed by atoms with Gasteiger partial charge in [0.1, 0.15) is 5.92 Å². The molecule has 0 spiro atoms. The predicted molar refractivity (Wildman–Crippen MR) is 116 cm³/mol. The number of fused-ring (bicyclic) bond motifs is 2. The van der Waals surface area contributed by atoms with Crippen molar-refractivity contribution in [2.45, 2.75) is 12.3 Å². The number of H-pyrrole nitrogens is 1. The second kappa shape index (κ2) is 8.16. The van der Waals surface area contributed by atoms with E-state index in [1.807, 2.05) is 35.2 Å². The number of methoxy groups -OCH3 is 1. The largest absolute Gasteiger partial charge is 0.468 e. The van der Waals surface area contributed by atoms with Crippen LogP contribution >= 0.6 is 0 Å². The van der Waals surface area contributed by atoms with Crippen molar-refractivity contribution in [2.24, 2.45) is 5.92 Å². The Morgan fingerprint density at radius 3 is 2.62 bits per heavy atom. The summed E-state index contributed by atoms with van der Waals surface area (Å²) in [6.45, 7) is 2.35. The van der Waals surface area contributed by atoms with E-state index in [1.54, 1.807) is 0 Å². The molecule has 1 aliphatic heterocycles. The molecule has 1 aliphatic carbocycles. The number of aromatic nitrogens is 3. The molecule has 1 N–H and O–H groups in total. The number of esters is 1. The third-order valence-corrected chi connectivity index (χ3v) is 6.12. The zero-order valence-electron chi connectivity index (χ0n) is 17.5. The van der Waals surface area contributed by atoms with Gasteiger partial charge in [0.2, 0.25) is 5.95 Å². The van der Waals surface area contributed by atoms with Crippen molar-refractivity contribution in [3.05, 3.63) is 63.6 Å². The first-order chi connectivity index (χ1) is 15.6. The second-order valence-corrected chi connectivity index (χ2v) is 7.93. The first-order valence-corrected chi connectivity index (χ1v) is 10.5. The van der Waals surface area contributed by atoms with Crippen LogP contribution in [-0.4, -0.2) is 60.1 Å². The van der Waals surface area contributed by atoms with E-state index in [2.05, 4.69) is 15.0 Å². The number of hydrogen-bond acceptors (Lipinski definition) is 8. The Balaban J connectivity index is 1.62. The molecule has 2 unspecified atom stereocenters. The minimum absolute atomic E-state index is 0.218. The molecule has 2 atom stereocenters. The molecule has 0 amide bonds. The molecule has 3 aromatic rings. The molecule has 1 aromatic carbocycles. The molecule has 3 heterocycles. The smallest absolute Gasteiger partial charge is 0.317 e. The first-order valence-electron chi connectivity index (χ1n) is 10.5. The van der Waals surface area contributed by atoms with Gasteiger partial charge >= 0.3 is 5.97 Å². The summed E-state index contributed by atoms with van der Waals surface area (Å²) >= 11 is 0. The van der Waals surface area contributed by atoms with Crippen LogP contribution in [0.15, 0.2) is 41.2 Å². The number of nitrogens with zero attached hydrogens (tertiary/aromatic N) is 3. The van der Waals surface area contributed by atoms with Crippen LogP contribution in [0.2, 0.25) is 0 Å². The molecule has 32 heavy (non-hydrogen) atoms. The van der Waals surface area contributed by atoms with Gasteiger partial charge in [-0.25, -0.2) is 4.98 Å². The van der Waals surface area contributed by atoms with E-state index in [4.69, 9.17) is 9.47 Å². The number of carbonyl (C=O) groups is 2. The van der Waals surface area contributed by atoms with Crippen LogP contribution in [0.25, 0.3) is 11.0 Å². The number of Topliss-reactive ketones (excluding diaryl/α,β-unsaturated/α-hetero) is 1. The number of aromatic amines is 1. The Morgan fingerprint density at radius 1 is 1.16 bits per heavy atom. The van der Waals surface area contributed by atoms with E-state index < -0.39 is 23.6 Å². The summed E-state index contributed by atoms with van der Waals surface area (Å²) in [5.74, 6) is -1.95.